The lowest BCUT2D eigenvalue weighted by molar-refractivity contribution is -0.120. The molecule has 0 spiro atoms. The van der Waals surface area contributed by atoms with Crippen LogP contribution in [0, 0.1) is 26.6 Å². The monoisotopic (exact) mass is 867 g/mol. The maximum atomic E-state index is 15.3. The van der Waals surface area contributed by atoms with E-state index in [1.807, 2.05) is 19.9 Å². The molecule has 1 amide bonds. The summed E-state index contributed by atoms with van der Waals surface area (Å²) in [6.07, 6.45) is 1.26. The maximum Gasteiger partial charge on any atom is 0.234 e. The van der Waals surface area contributed by atoms with Crippen LogP contribution in [0.4, 0.5) is 4.39 Å². The molecule has 0 unspecified atom stereocenters. The van der Waals surface area contributed by atoms with Crippen LogP contribution in [-0.2, 0) is 42.0 Å². The lowest BCUT2D eigenvalue weighted by atomic mass is 10.0. The second kappa shape index (κ2) is 18.9. The van der Waals surface area contributed by atoms with E-state index in [1.54, 1.807) is 17.4 Å². The molecule has 1 aliphatic rings. The van der Waals surface area contributed by atoms with E-state index in [0.717, 1.165) is 96.5 Å². The molecule has 4 aromatic carbocycles. The van der Waals surface area contributed by atoms with Gasteiger partial charge in [0.05, 0.1) is 43.0 Å². The van der Waals surface area contributed by atoms with Crippen molar-refractivity contribution in [2.75, 3.05) is 52.5 Å². The van der Waals surface area contributed by atoms with Gasteiger partial charge in [0, 0.05) is 77.9 Å². The summed E-state index contributed by atoms with van der Waals surface area (Å²) in [6, 6.07) is 27.0. The Morgan fingerprint density at radius 3 is 2.46 bits per heavy atom. The van der Waals surface area contributed by atoms with E-state index in [1.165, 1.54) is 43.9 Å². The fourth-order valence-corrected chi connectivity index (χ4v) is 9.78. The molecule has 0 atom stereocenters. The number of nitrogens with zero attached hydrogens (tertiary/aromatic N) is 5. The van der Waals surface area contributed by atoms with Gasteiger partial charge < -0.3 is 33.8 Å². The van der Waals surface area contributed by atoms with Crippen LogP contribution in [0.2, 0.25) is 0 Å². The number of thiophene rings is 1. The van der Waals surface area contributed by atoms with Gasteiger partial charge in [-0.3, -0.25) is 9.69 Å². The number of benzene rings is 4. The third-order valence-electron chi connectivity index (χ3n) is 12.1. The van der Waals surface area contributed by atoms with Gasteiger partial charge in [-0.1, -0.05) is 35.5 Å². The molecule has 1 fully saturated rings. The molecule has 326 valence electrons. The molecule has 5 heterocycles. The first-order valence-corrected chi connectivity index (χ1v) is 22.8. The second-order valence-corrected chi connectivity index (χ2v) is 17.3. The number of aryl methyl sites for hydroxylation is 6. The molecule has 0 aliphatic carbocycles. The standard InChI is InChI=1S/C50H54FN7O4S/c1-5-57-43-12-6-36(25-40(43)39-11-9-37(28-45(39)57)47-24-32(2)31-63-47)29-52-30-49(59)53-16-21-61-46-14-7-35(26-41(46)51)8-15-48-54-42-27-38(50-33(3)55-62-34(50)4)10-13-44(42)58(48)18-17-56-19-22-60-23-20-56/h6-7,9-14,24-28,31,52H,5,8,15-23,29-30H2,1-4H3,(H,53,59). The van der Waals surface area contributed by atoms with Crippen LogP contribution in [0.5, 0.6) is 5.75 Å². The summed E-state index contributed by atoms with van der Waals surface area (Å²) in [5.74, 6) is 1.32. The third-order valence-corrected chi connectivity index (χ3v) is 13.2. The number of carbonyl (C=O) groups excluding carboxylic acids is 1. The minimum atomic E-state index is -0.428. The van der Waals surface area contributed by atoms with Gasteiger partial charge in [-0.05, 0) is 116 Å². The molecule has 1 aliphatic heterocycles. The minimum absolute atomic E-state index is 0.148. The van der Waals surface area contributed by atoms with Crippen LogP contribution in [0.1, 0.15) is 40.9 Å². The van der Waals surface area contributed by atoms with E-state index in [-0.39, 0.29) is 31.4 Å². The van der Waals surface area contributed by atoms with E-state index < -0.39 is 5.82 Å². The van der Waals surface area contributed by atoms with Crippen molar-refractivity contribution in [2.24, 2.45) is 0 Å². The van der Waals surface area contributed by atoms with Crippen molar-refractivity contribution < 1.29 is 23.2 Å². The number of morpholine rings is 1. The number of amides is 1. The number of halogens is 1. The van der Waals surface area contributed by atoms with Crippen LogP contribution < -0.4 is 15.4 Å². The average Bonchev–Trinajstić information content (AvgIpc) is 4.06. The van der Waals surface area contributed by atoms with Gasteiger partial charge in [-0.2, -0.15) is 0 Å². The lowest BCUT2D eigenvalue weighted by Gasteiger charge is -2.27. The SMILES string of the molecule is CCn1c2ccc(CNCC(=O)NCCOc3ccc(CCc4nc5cc(-c6c(C)noc6C)ccc5n4CCN4CCOCC4)cc3F)cc2c2ccc(-c3cc(C)cs3)cc21. The van der Waals surface area contributed by atoms with Crippen LogP contribution in [0.15, 0.2) is 88.8 Å². The number of carbonyl (C=O) groups is 1. The van der Waals surface area contributed by atoms with E-state index in [0.29, 0.717) is 19.4 Å². The molecule has 0 radical (unpaired) electrons. The molecule has 4 aromatic heterocycles. The van der Waals surface area contributed by atoms with Gasteiger partial charge in [0.2, 0.25) is 5.91 Å². The highest BCUT2D eigenvalue weighted by molar-refractivity contribution is 7.13. The van der Waals surface area contributed by atoms with Gasteiger partial charge in [0.15, 0.2) is 11.6 Å². The average molecular weight is 868 g/mol. The molecule has 9 rings (SSSR count). The molecular weight excluding hydrogens is 814 g/mol. The molecule has 1 saturated heterocycles. The number of rotatable bonds is 17. The molecule has 8 aromatic rings. The summed E-state index contributed by atoms with van der Waals surface area (Å²) in [7, 11) is 0. The summed E-state index contributed by atoms with van der Waals surface area (Å²) in [5.41, 5.74) is 11.8. The largest absolute Gasteiger partial charge is 0.489 e. The molecule has 63 heavy (non-hydrogen) atoms. The van der Waals surface area contributed by atoms with Gasteiger partial charge in [0.1, 0.15) is 18.2 Å². The van der Waals surface area contributed by atoms with Crippen molar-refractivity contribution in [3.63, 3.8) is 0 Å². The van der Waals surface area contributed by atoms with Crippen molar-refractivity contribution >= 4 is 50.1 Å². The summed E-state index contributed by atoms with van der Waals surface area (Å²) in [6.45, 7) is 15.2. The van der Waals surface area contributed by atoms with Crippen LogP contribution >= 0.6 is 11.3 Å². The zero-order valence-corrected chi connectivity index (χ0v) is 37.2. The second-order valence-electron chi connectivity index (χ2n) is 16.4. The summed E-state index contributed by atoms with van der Waals surface area (Å²) >= 11 is 1.78. The van der Waals surface area contributed by atoms with E-state index in [2.05, 4.69) is 110 Å². The maximum absolute atomic E-state index is 15.3. The fraction of sp³-hybridized carbons (Fsp3) is 0.340. The first kappa shape index (κ1) is 42.4. The number of aromatic nitrogens is 4. The highest BCUT2D eigenvalue weighted by Gasteiger charge is 2.19. The predicted octanol–water partition coefficient (Wildman–Crippen LogP) is 9.01. The zero-order chi connectivity index (χ0) is 43.5. The zero-order valence-electron chi connectivity index (χ0n) is 36.4. The van der Waals surface area contributed by atoms with Crippen molar-refractivity contribution in [1.82, 2.24) is 34.8 Å². The normalized spacial score (nSPS) is 13.5. The van der Waals surface area contributed by atoms with Gasteiger partial charge >= 0.3 is 0 Å². The Hall–Kier alpha value is -5.86. The Kier molecular flexibility index (Phi) is 12.7. The molecular formula is C50H54FN7O4S. The summed E-state index contributed by atoms with van der Waals surface area (Å²) in [5, 5.41) is 14.9. The van der Waals surface area contributed by atoms with Gasteiger partial charge in [-0.15, -0.1) is 11.3 Å². The van der Waals surface area contributed by atoms with Crippen LogP contribution in [0.25, 0.3) is 54.4 Å². The minimum Gasteiger partial charge on any atom is -0.489 e. The van der Waals surface area contributed by atoms with Gasteiger partial charge in [0.25, 0.3) is 0 Å². The van der Waals surface area contributed by atoms with E-state index in [4.69, 9.17) is 19.0 Å². The Bertz CT molecular complexity index is 2890. The number of hydrogen-bond donors (Lipinski definition) is 2. The molecule has 0 bridgehead atoms. The predicted molar refractivity (Wildman–Crippen MR) is 249 cm³/mol. The van der Waals surface area contributed by atoms with Gasteiger partial charge in [-0.25, -0.2) is 9.37 Å². The van der Waals surface area contributed by atoms with Crippen molar-refractivity contribution in [1.29, 1.82) is 0 Å². The fourth-order valence-electron chi connectivity index (χ4n) is 8.88. The Morgan fingerprint density at radius 2 is 1.68 bits per heavy atom. The third kappa shape index (κ3) is 9.28. The Morgan fingerprint density at radius 1 is 0.857 bits per heavy atom. The van der Waals surface area contributed by atoms with Crippen molar-refractivity contribution in [2.45, 2.75) is 60.2 Å². The topological polar surface area (TPSA) is 112 Å². The number of fused-ring (bicyclic) bond motifs is 4. The Labute approximate surface area is 370 Å². The molecule has 2 N–H and O–H groups in total. The number of ether oxygens (including phenoxy) is 2. The Balaban J connectivity index is 0.767. The van der Waals surface area contributed by atoms with E-state index >= 15 is 4.39 Å². The number of nitrogens with one attached hydrogen (secondary N) is 2. The summed E-state index contributed by atoms with van der Waals surface area (Å²) in [4.78, 5) is 21.5. The molecule has 13 heteroatoms. The number of hydrogen-bond acceptors (Lipinski definition) is 9. The molecule has 11 nitrogen and oxygen atoms in total. The number of imidazole rings is 1. The van der Waals surface area contributed by atoms with Crippen molar-refractivity contribution in [3.8, 4) is 27.3 Å². The molecule has 0 saturated carbocycles. The highest BCUT2D eigenvalue weighted by Crippen LogP contribution is 2.35. The van der Waals surface area contributed by atoms with E-state index in [9.17, 15) is 4.79 Å². The van der Waals surface area contributed by atoms with Crippen LogP contribution in [-0.4, -0.2) is 82.6 Å². The van der Waals surface area contributed by atoms with Crippen LogP contribution in [0.3, 0.4) is 0 Å². The highest BCUT2D eigenvalue weighted by atomic mass is 32.1. The van der Waals surface area contributed by atoms with Crippen molar-refractivity contribution in [3.05, 3.63) is 124 Å². The first-order valence-electron chi connectivity index (χ1n) is 21.9. The first-order chi connectivity index (χ1) is 30.7. The summed E-state index contributed by atoms with van der Waals surface area (Å²) < 4.78 is 36.8. The smallest absolute Gasteiger partial charge is 0.234 e. The lowest BCUT2D eigenvalue weighted by Crippen LogP contribution is -2.38. The quantitative estimate of drug-likeness (QED) is 0.0874.